The van der Waals surface area contributed by atoms with Gasteiger partial charge in [0.15, 0.2) is 5.22 Å². The molecule has 0 aliphatic carbocycles. The summed E-state index contributed by atoms with van der Waals surface area (Å²) >= 11 is 5.85. The largest absolute Gasteiger partial charge is 0.448 e. The second kappa shape index (κ2) is 6.03. The lowest BCUT2D eigenvalue weighted by Crippen LogP contribution is -2.23. The van der Waals surface area contributed by atoms with E-state index < -0.39 is 0 Å². The molecule has 0 aromatic carbocycles. The van der Waals surface area contributed by atoms with Crippen LogP contribution in [-0.2, 0) is 0 Å². The zero-order valence-electron chi connectivity index (χ0n) is 10.6. The summed E-state index contributed by atoms with van der Waals surface area (Å²) in [4.78, 5) is 4.23. The molecule has 0 spiro atoms. The Morgan fingerprint density at radius 1 is 1.39 bits per heavy atom. The fourth-order valence-corrected chi connectivity index (χ4v) is 2.04. The number of hydrogen-bond acceptors (Lipinski definition) is 3. The Kier molecular flexibility index (Phi) is 4.39. The quantitative estimate of drug-likeness (QED) is 0.894. The average Bonchev–Trinajstić information content (AvgIpc) is 2.76. The first-order chi connectivity index (χ1) is 8.70. The van der Waals surface area contributed by atoms with E-state index in [-0.39, 0.29) is 6.04 Å². The molecule has 1 unspecified atom stereocenters. The topological polar surface area (TPSA) is 38.1 Å². The lowest BCUT2D eigenvalue weighted by molar-refractivity contribution is 0.447. The average molecular weight is 265 g/mol. The van der Waals surface area contributed by atoms with Gasteiger partial charge in [-0.15, -0.1) is 0 Å². The van der Waals surface area contributed by atoms with E-state index in [2.05, 4.69) is 23.3 Å². The molecular formula is C14H17ClN2O. The van der Waals surface area contributed by atoms with E-state index in [9.17, 15) is 0 Å². The molecule has 2 heterocycles. The van der Waals surface area contributed by atoms with Crippen molar-refractivity contribution >= 4 is 11.6 Å². The van der Waals surface area contributed by atoms with Crippen LogP contribution in [0.3, 0.4) is 0 Å². The van der Waals surface area contributed by atoms with Crippen molar-refractivity contribution in [1.82, 2.24) is 10.3 Å². The van der Waals surface area contributed by atoms with Gasteiger partial charge in [0.2, 0.25) is 0 Å². The first kappa shape index (κ1) is 13.1. The van der Waals surface area contributed by atoms with Crippen molar-refractivity contribution in [3.63, 3.8) is 0 Å². The Bertz CT molecular complexity index is 510. The van der Waals surface area contributed by atoms with Gasteiger partial charge < -0.3 is 9.73 Å². The number of furan rings is 1. The van der Waals surface area contributed by atoms with Gasteiger partial charge in [0.05, 0.1) is 6.04 Å². The molecule has 3 nitrogen and oxygen atoms in total. The van der Waals surface area contributed by atoms with Crippen LogP contribution in [0, 0.1) is 6.92 Å². The van der Waals surface area contributed by atoms with E-state index in [0.29, 0.717) is 5.22 Å². The van der Waals surface area contributed by atoms with E-state index in [4.69, 9.17) is 16.0 Å². The summed E-state index contributed by atoms with van der Waals surface area (Å²) < 4.78 is 5.51. The van der Waals surface area contributed by atoms with Crippen LogP contribution in [0.1, 0.15) is 36.3 Å². The third-order valence-electron chi connectivity index (χ3n) is 2.71. The second-order valence-corrected chi connectivity index (χ2v) is 4.70. The van der Waals surface area contributed by atoms with Crippen LogP contribution >= 0.6 is 11.6 Å². The minimum absolute atomic E-state index is 0.00449. The van der Waals surface area contributed by atoms with Crippen molar-refractivity contribution in [2.75, 3.05) is 6.54 Å². The molecule has 1 atom stereocenters. The van der Waals surface area contributed by atoms with Crippen LogP contribution in [0.25, 0.3) is 0 Å². The van der Waals surface area contributed by atoms with E-state index >= 15 is 0 Å². The lowest BCUT2D eigenvalue weighted by atomic mass is 10.1. The molecule has 0 saturated carbocycles. The fourth-order valence-electron chi connectivity index (χ4n) is 1.89. The molecule has 0 saturated heterocycles. The highest BCUT2D eigenvalue weighted by Crippen LogP contribution is 2.25. The Balaban J connectivity index is 2.30. The maximum absolute atomic E-state index is 5.85. The van der Waals surface area contributed by atoms with E-state index in [1.54, 1.807) is 6.07 Å². The number of nitrogens with zero attached hydrogens (tertiary/aromatic N) is 1. The van der Waals surface area contributed by atoms with Crippen LogP contribution in [0.5, 0.6) is 0 Å². The van der Waals surface area contributed by atoms with Gasteiger partial charge in [-0.2, -0.15) is 0 Å². The molecule has 18 heavy (non-hydrogen) atoms. The number of aromatic nitrogens is 1. The Labute approximate surface area is 112 Å². The number of aryl methyl sites for hydroxylation is 1. The first-order valence-corrected chi connectivity index (χ1v) is 6.48. The molecule has 1 N–H and O–H groups in total. The van der Waals surface area contributed by atoms with Gasteiger partial charge >= 0.3 is 0 Å². The van der Waals surface area contributed by atoms with Gasteiger partial charge in [0.1, 0.15) is 5.76 Å². The predicted octanol–water partition coefficient (Wildman–Crippen LogP) is 3.73. The fraction of sp³-hybridized carbons (Fsp3) is 0.357. The Morgan fingerprint density at radius 3 is 2.83 bits per heavy atom. The van der Waals surface area contributed by atoms with Gasteiger partial charge in [-0.05, 0) is 54.7 Å². The Morgan fingerprint density at radius 2 is 2.22 bits per heavy atom. The van der Waals surface area contributed by atoms with E-state index in [1.165, 1.54) is 0 Å². The van der Waals surface area contributed by atoms with Crippen molar-refractivity contribution < 1.29 is 4.42 Å². The van der Waals surface area contributed by atoms with Gasteiger partial charge in [-0.25, -0.2) is 0 Å². The standard InChI is InChI=1S/C14H17ClN2O/c1-3-6-17-14(12-4-5-13(15)18-12)11-7-10(2)8-16-9-11/h4-5,7-9,14,17H,3,6H2,1-2H3. The number of nitrogens with one attached hydrogen (secondary N) is 1. The molecule has 2 aromatic heterocycles. The molecule has 0 aliphatic heterocycles. The van der Waals surface area contributed by atoms with Gasteiger partial charge in [0.25, 0.3) is 0 Å². The molecule has 0 bridgehead atoms. The van der Waals surface area contributed by atoms with Crippen LogP contribution in [0.4, 0.5) is 0 Å². The summed E-state index contributed by atoms with van der Waals surface area (Å²) in [6, 6.07) is 5.78. The first-order valence-electron chi connectivity index (χ1n) is 6.11. The zero-order valence-corrected chi connectivity index (χ0v) is 11.4. The zero-order chi connectivity index (χ0) is 13.0. The maximum atomic E-state index is 5.85. The maximum Gasteiger partial charge on any atom is 0.193 e. The number of pyridine rings is 1. The number of hydrogen-bond donors (Lipinski definition) is 1. The van der Waals surface area contributed by atoms with E-state index in [1.807, 2.05) is 25.4 Å². The van der Waals surface area contributed by atoms with Gasteiger partial charge in [0, 0.05) is 12.4 Å². The minimum Gasteiger partial charge on any atom is -0.448 e. The molecular weight excluding hydrogens is 248 g/mol. The van der Waals surface area contributed by atoms with Crippen LogP contribution < -0.4 is 5.32 Å². The summed E-state index contributed by atoms with van der Waals surface area (Å²) in [5.74, 6) is 0.820. The Hall–Kier alpha value is -1.32. The summed E-state index contributed by atoms with van der Waals surface area (Å²) in [6.07, 6.45) is 4.76. The van der Waals surface area contributed by atoms with Gasteiger partial charge in [-0.1, -0.05) is 13.0 Å². The summed E-state index contributed by atoms with van der Waals surface area (Å²) in [5, 5.41) is 3.86. The molecule has 4 heteroatoms. The summed E-state index contributed by atoms with van der Waals surface area (Å²) in [5.41, 5.74) is 2.22. The SMILES string of the molecule is CCCNC(c1cncc(C)c1)c1ccc(Cl)o1. The molecule has 2 rings (SSSR count). The minimum atomic E-state index is 0.00449. The van der Waals surface area contributed by atoms with Crippen LogP contribution in [-0.4, -0.2) is 11.5 Å². The van der Waals surface area contributed by atoms with Crippen molar-refractivity contribution in [1.29, 1.82) is 0 Å². The van der Waals surface area contributed by atoms with Crippen LogP contribution in [0.15, 0.2) is 35.0 Å². The van der Waals surface area contributed by atoms with Gasteiger partial charge in [-0.3, -0.25) is 4.98 Å². The summed E-state index contributed by atoms with van der Waals surface area (Å²) in [6.45, 7) is 5.08. The molecule has 96 valence electrons. The van der Waals surface area contributed by atoms with Crippen molar-refractivity contribution in [2.24, 2.45) is 0 Å². The molecule has 2 aromatic rings. The summed E-state index contributed by atoms with van der Waals surface area (Å²) in [7, 11) is 0. The third-order valence-corrected chi connectivity index (χ3v) is 2.91. The smallest absolute Gasteiger partial charge is 0.193 e. The highest BCUT2D eigenvalue weighted by atomic mass is 35.5. The monoisotopic (exact) mass is 264 g/mol. The van der Waals surface area contributed by atoms with Crippen molar-refractivity contribution in [2.45, 2.75) is 26.3 Å². The molecule has 0 aliphatic rings. The van der Waals surface area contributed by atoms with Crippen molar-refractivity contribution in [3.8, 4) is 0 Å². The molecule has 0 radical (unpaired) electrons. The predicted molar refractivity (Wildman–Crippen MR) is 72.8 cm³/mol. The molecule has 0 amide bonds. The van der Waals surface area contributed by atoms with E-state index in [0.717, 1.165) is 29.9 Å². The number of halogens is 1. The lowest BCUT2D eigenvalue weighted by Gasteiger charge is -2.16. The third kappa shape index (κ3) is 3.12. The van der Waals surface area contributed by atoms with Crippen molar-refractivity contribution in [3.05, 3.63) is 52.7 Å². The second-order valence-electron chi connectivity index (χ2n) is 4.32. The highest BCUT2D eigenvalue weighted by Gasteiger charge is 2.17. The molecule has 0 fully saturated rings. The normalized spacial score (nSPS) is 12.6. The number of rotatable bonds is 5. The van der Waals surface area contributed by atoms with Crippen LogP contribution in [0.2, 0.25) is 5.22 Å². The highest BCUT2D eigenvalue weighted by molar-refractivity contribution is 6.28.